The van der Waals surface area contributed by atoms with Gasteiger partial charge in [-0.3, -0.25) is 9.80 Å². The van der Waals surface area contributed by atoms with Crippen LogP contribution in [0, 0.1) is 17.1 Å². The summed E-state index contributed by atoms with van der Waals surface area (Å²) in [5, 5.41) is 11.6. The second-order valence-corrected chi connectivity index (χ2v) is 8.93. The topological polar surface area (TPSA) is 87.1 Å². The Morgan fingerprint density at radius 3 is 2.41 bits per heavy atom. The fraction of sp³-hybridized carbons (Fsp3) is 0.652. The Kier molecular flexibility index (Phi) is 9.25. The number of nitrogens with zero attached hydrogens (tertiary/aromatic N) is 3. The van der Waals surface area contributed by atoms with E-state index in [0.717, 1.165) is 32.7 Å². The molecule has 2 unspecified atom stereocenters. The van der Waals surface area contributed by atoms with Gasteiger partial charge in [-0.15, -0.1) is 0 Å². The van der Waals surface area contributed by atoms with Crippen molar-refractivity contribution in [2.45, 2.75) is 46.0 Å². The van der Waals surface area contributed by atoms with E-state index in [1.807, 2.05) is 26.8 Å². The number of hydrogen-bond donors (Lipinski definition) is 1. The second-order valence-electron chi connectivity index (χ2n) is 8.93. The summed E-state index contributed by atoms with van der Waals surface area (Å²) in [6, 6.07) is 6.13. The Labute approximate surface area is 190 Å². The number of fused-ring (bicyclic) bond motifs is 2. The molecular formula is C23H35FN4O4. The summed E-state index contributed by atoms with van der Waals surface area (Å²) in [6.45, 7) is 11.0. The lowest BCUT2D eigenvalue weighted by Gasteiger charge is -2.45. The van der Waals surface area contributed by atoms with E-state index in [4.69, 9.17) is 19.5 Å². The molecule has 2 aliphatic heterocycles. The number of ether oxygens (including phenoxy) is 3. The summed E-state index contributed by atoms with van der Waals surface area (Å²) in [6.07, 6.45) is -0.202. The van der Waals surface area contributed by atoms with Crippen molar-refractivity contribution >= 4 is 6.09 Å². The minimum absolute atomic E-state index is 0. The van der Waals surface area contributed by atoms with Gasteiger partial charge >= 0.3 is 6.09 Å². The van der Waals surface area contributed by atoms with Crippen LogP contribution in [0.3, 0.4) is 0 Å². The maximum atomic E-state index is 13.9. The molecule has 1 aromatic rings. The largest absolute Gasteiger partial charge is 0.489 e. The fourth-order valence-corrected chi connectivity index (χ4v) is 3.83. The molecule has 0 spiro atoms. The van der Waals surface area contributed by atoms with E-state index < -0.39 is 17.5 Å². The van der Waals surface area contributed by atoms with Crippen LogP contribution in [0.25, 0.3) is 0 Å². The van der Waals surface area contributed by atoms with Gasteiger partial charge in [0.15, 0.2) is 11.6 Å². The van der Waals surface area contributed by atoms with Crippen molar-refractivity contribution in [1.82, 2.24) is 15.1 Å². The molecule has 2 fully saturated rings. The smallest absolute Gasteiger partial charge is 0.407 e. The number of hydrogen-bond acceptors (Lipinski definition) is 7. The number of benzene rings is 1. The Balaban J connectivity index is 0.00000363. The number of carbonyl (C=O) groups is 1. The van der Waals surface area contributed by atoms with Gasteiger partial charge in [0.05, 0.1) is 23.8 Å². The first-order chi connectivity index (χ1) is 14.7. The quantitative estimate of drug-likeness (QED) is 0.683. The third-order valence-corrected chi connectivity index (χ3v) is 5.05. The van der Waals surface area contributed by atoms with E-state index in [-0.39, 0.29) is 30.9 Å². The average molecular weight is 451 g/mol. The highest BCUT2D eigenvalue weighted by atomic mass is 19.1. The summed E-state index contributed by atoms with van der Waals surface area (Å²) in [7, 11) is 0. The molecule has 2 bridgehead atoms. The zero-order chi connectivity index (χ0) is 22.4. The van der Waals surface area contributed by atoms with Gasteiger partial charge in [-0.2, -0.15) is 5.26 Å². The predicted molar refractivity (Wildman–Crippen MR) is 119 cm³/mol. The van der Waals surface area contributed by atoms with Crippen molar-refractivity contribution < 1.29 is 23.4 Å². The zero-order valence-electron chi connectivity index (χ0n) is 18.4. The molecule has 1 amide bonds. The van der Waals surface area contributed by atoms with Gasteiger partial charge in [0.2, 0.25) is 0 Å². The molecular weight excluding hydrogens is 415 g/mol. The van der Waals surface area contributed by atoms with Crippen LogP contribution in [-0.2, 0) is 9.47 Å². The highest BCUT2D eigenvalue weighted by molar-refractivity contribution is 5.67. The second kappa shape index (κ2) is 11.5. The Morgan fingerprint density at radius 1 is 1.22 bits per heavy atom. The van der Waals surface area contributed by atoms with Gasteiger partial charge in [0.25, 0.3) is 0 Å². The molecule has 8 nitrogen and oxygen atoms in total. The number of alkyl carbamates (subject to hydrolysis) is 1. The number of halogens is 1. The Morgan fingerprint density at radius 2 is 1.84 bits per heavy atom. The molecule has 9 heteroatoms. The molecule has 178 valence electrons. The molecule has 2 atom stereocenters. The molecule has 0 saturated carbocycles. The van der Waals surface area contributed by atoms with Gasteiger partial charge in [0, 0.05) is 45.8 Å². The van der Waals surface area contributed by atoms with Gasteiger partial charge < -0.3 is 19.5 Å². The Hall–Kier alpha value is -2.41. The molecule has 1 aromatic carbocycles. The number of nitrogens with one attached hydrogen (secondary N) is 1. The Bertz CT molecular complexity index is 794. The number of morpholine rings is 2. The van der Waals surface area contributed by atoms with E-state index >= 15 is 0 Å². The van der Waals surface area contributed by atoms with Crippen LogP contribution < -0.4 is 10.1 Å². The van der Waals surface area contributed by atoms with Gasteiger partial charge in [-0.1, -0.05) is 7.43 Å². The van der Waals surface area contributed by atoms with E-state index in [2.05, 4.69) is 15.1 Å². The lowest BCUT2D eigenvalue weighted by molar-refractivity contribution is -0.139. The van der Waals surface area contributed by atoms with Gasteiger partial charge in [0.1, 0.15) is 12.2 Å². The van der Waals surface area contributed by atoms with Gasteiger partial charge in [-0.05, 0) is 39.0 Å². The number of rotatable bonds is 7. The van der Waals surface area contributed by atoms with Crippen molar-refractivity contribution in [3.05, 3.63) is 29.6 Å². The van der Waals surface area contributed by atoms with E-state index in [0.29, 0.717) is 19.7 Å². The number of nitriles is 1. The first-order valence-corrected chi connectivity index (χ1v) is 10.6. The normalized spacial score (nSPS) is 21.2. The average Bonchev–Trinajstić information content (AvgIpc) is 2.67. The maximum absolute atomic E-state index is 13.9. The van der Waals surface area contributed by atoms with E-state index in [1.54, 1.807) is 6.07 Å². The molecule has 0 radical (unpaired) electrons. The molecule has 32 heavy (non-hydrogen) atoms. The highest BCUT2D eigenvalue weighted by Crippen LogP contribution is 2.20. The minimum Gasteiger partial charge on any atom is -0.489 e. The van der Waals surface area contributed by atoms with E-state index in [9.17, 15) is 9.18 Å². The zero-order valence-corrected chi connectivity index (χ0v) is 18.4. The van der Waals surface area contributed by atoms with Crippen molar-refractivity contribution in [1.29, 1.82) is 5.26 Å². The van der Waals surface area contributed by atoms with Crippen LogP contribution in [0.2, 0.25) is 0 Å². The third-order valence-electron chi connectivity index (χ3n) is 5.05. The molecule has 2 aliphatic rings. The van der Waals surface area contributed by atoms with Crippen LogP contribution in [0.4, 0.5) is 9.18 Å². The standard InChI is InChI=1S/C22H31FN4O4.CH4/c1-22(2,3)31-21(28)25-6-7-26-12-17-14-27(15-18(13-26)30-17)8-9-29-20-5-4-16(11-24)10-19(20)23;/h4-5,10,17-18H,6-9,12-15H2,1-3H3,(H,25,28);1H4. The van der Waals surface area contributed by atoms with Crippen LogP contribution in [-0.4, -0.2) is 86.1 Å². The lowest BCUT2D eigenvalue weighted by Crippen LogP contribution is -2.60. The van der Waals surface area contributed by atoms with E-state index in [1.165, 1.54) is 12.1 Å². The lowest BCUT2D eigenvalue weighted by atomic mass is 10.1. The first-order valence-electron chi connectivity index (χ1n) is 10.6. The fourth-order valence-electron chi connectivity index (χ4n) is 3.83. The summed E-state index contributed by atoms with van der Waals surface area (Å²) in [4.78, 5) is 16.3. The van der Waals surface area contributed by atoms with Crippen molar-refractivity contribution in [2.24, 2.45) is 0 Å². The molecule has 0 aliphatic carbocycles. The minimum atomic E-state index is -0.520. The van der Waals surface area contributed by atoms with Crippen molar-refractivity contribution in [2.75, 3.05) is 52.4 Å². The third kappa shape index (κ3) is 7.93. The molecule has 0 aromatic heterocycles. The highest BCUT2D eigenvalue weighted by Gasteiger charge is 2.34. The summed E-state index contributed by atoms with van der Waals surface area (Å²) < 4.78 is 30.8. The maximum Gasteiger partial charge on any atom is 0.407 e. The van der Waals surface area contributed by atoms with Crippen molar-refractivity contribution in [3.63, 3.8) is 0 Å². The molecule has 1 N–H and O–H groups in total. The first kappa shape index (κ1) is 25.8. The molecule has 2 saturated heterocycles. The van der Waals surface area contributed by atoms with Gasteiger partial charge in [-0.25, -0.2) is 9.18 Å². The van der Waals surface area contributed by atoms with Crippen LogP contribution >= 0.6 is 0 Å². The molecule has 3 rings (SSSR count). The number of carbonyl (C=O) groups excluding carboxylic acids is 1. The number of amides is 1. The summed E-state index contributed by atoms with van der Waals surface area (Å²) >= 11 is 0. The monoisotopic (exact) mass is 450 g/mol. The summed E-state index contributed by atoms with van der Waals surface area (Å²) in [5.74, 6) is -0.357. The van der Waals surface area contributed by atoms with Crippen LogP contribution in [0.5, 0.6) is 5.75 Å². The summed E-state index contributed by atoms with van der Waals surface area (Å²) in [5.41, 5.74) is -0.226. The van der Waals surface area contributed by atoms with Crippen LogP contribution in [0.15, 0.2) is 18.2 Å². The predicted octanol–water partition coefficient (Wildman–Crippen LogP) is 2.62. The van der Waals surface area contributed by atoms with Crippen LogP contribution in [0.1, 0.15) is 33.8 Å². The molecule has 2 heterocycles. The SMILES string of the molecule is C.CC(C)(C)OC(=O)NCCN1CC2CN(CCOc3ccc(C#N)cc3F)CC(C1)O2. The van der Waals surface area contributed by atoms with Crippen molar-refractivity contribution in [3.8, 4) is 11.8 Å².